The van der Waals surface area contributed by atoms with Crippen molar-refractivity contribution >= 4 is 11.5 Å². The van der Waals surface area contributed by atoms with Crippen LogP contribution in [0.25, 0.3) is 5.65 Å². The van der Waals surface area contributed by atoms with E-state index < -0.39 is 0 Å². The maximum Gasteiger partial charge on any atom is 0.336 e. The van der Waals surface area contributed by atoms with E-state index in [2.05, 4.69) is 49.4 Å². The van der Waals surface area contributed by atoms with E-state index in [0.717, 1.165) is 18.0 Å². The normalized spacial score (nSPS) is 14.5. The Labute approximate surface area is 179 Å². The van der Waals surface area contributed by atoms with E-state index in [9.17, 15) is 0 Å². The number of hydrogen-bond donors (Lipinski definition) is 1. The third kappa shape index (κ3) is 4.36. The molecule has 0 saturated carbocycles. The average molecular weight is 419 g/mol. The molecule has 1 aromatic carbocycles. The molecule has 0 amide bonds. The number of hydrogen-bond acceptors (Lipinski definition) is 8. The quantitative estimate of drug-likeness (QED) is 0.487. The molecule has 160 valence electrons. The topological polar surface area (TPSA) is 108 Å². The third-order valence-corrected chi connectivity index (χ3v) is 5.48. The molecular weight excluding hydrogens is 394 g/mol. The fraction of sp³-hybridized carbons (Fsp3) is 0.364. The molecule has 9 nitrogen and oxygen atoms in total. The number of rotatable bonds is 7. The summed E-state index contributed by atoms with van der Waals surface area (Å²) in [5, 5.41) is 8.39. The highest BCUT2D eigenvalue weighted by molar-refractivity contribution is 5.59. The van der Waals surface area contributed by atoms with Gasteiger partial charge in [0.25, 0.3) is 0 Å². The van der Waals surface area contributed by atoms with E-state index in [4.69, 9.17) is 15.0 Å². The lowest BCUT2D eigenvalue weighted by molar-refractivity contribution is 0.262. The number of likely N-dealkylation sites (tertiary alicyclic amines) is 1. The molecule has 3 aromatic heterocycles. The van der Waals surface area contributed by atoms with Gasteiger partial charge in [0.15, 0.2) is 11.5 Å². The van der Waals surface area contributed by atoms with Gasteiger partial charge in [0.05, 0.1) is 11.9 Å². The van der Waals surface area contributed by atoms with Crippen LogP contribution in [-0.4, -0.2) is 42.7 Å². The average Bonchev–Trinajstić information content (AvgIpc) is 3.51. The first-order chi connectivity index (χ1) is 15.1. The van der Waals surface area contributed by atoms with Gasteiger partial charge in [-0.2, -0.15) is 4.98 Å². The van der Waals surface area contributed by atoms with Gasteiger partial charge in [0.1, 0.15) is 18.1 Å². The summed E-state index contributed by atoms with van der Waals surface area (Å²) in [6.45, 7) is 5.45. The van der Waals surface area contributed by atoms with Crippen molar-refractivity contribution in [3.63, 3.8) is 0 Å². The minimum absolute atomic E-state index is 0.172. The summed E-state index contributed by atoms with van der Waals surface area (Å²) >= 11 is 0. The molecule has 2 N–H and O–H groups in total. The van der Waals surface area contributed by atoms with Crippen LogP contribution in [0.4, 0.5) is 5.82 Å². The monoisotopic (exact) mass is 419 g/mol. The van der Waals surface area contributed by atoms with Crippen molar-refractivity contribution in [1.29, 1.82) is 0 Å². The molecule has 1 fully saturated rings. The lowest BCUT2D eigenvalue weighted by Crippen LogP contribution is -2.18. The zero-order valence-electron chi connectivity index (χ0n) is 17.5. The van der Waals surface area contributed by atoms with E-state index in [1.165, 1.54) is 37.1 Å². The second-order valence-corrected chi connectivity index (χ2v) is 7.96. The predicted molar refractivity (Wildman–Crippen MR) is 115 cm³/mol. The van der Waals surface area contributed by atoms with Crippen LogP contribution in [0.1, 0.15) is 41.1 Å². The molecule has 1 aliphatic rings. The Kier molecular flexibility index (Phi) is 5.25. The van der Waals surface area contributed by atoms with Gasteiger partial charge in [0, 0.05) is 19.0 Å². The standard InChI is InChI=1S/C22H25N7O2/c1-15-10-18(27-31-15)14-30-22-25-20(23)21-24-12-19(29(21)26-22)11-16-4-6-17(7-5-16)13-28-8-2-3-9-28/h4-7,10,12H,2-3,8-9,11,13-14H2,1H3,(H2,23,25,26). The van der Waals surface area contributed by atoms with Crippen LogP contribution in [0.15, 0.2) is 41.1 Å². The molecule has 31 heavy (non-hydrogen) atoms. The number of imidazole rings is 1. The van der Waals surface area contributed by atoms with Crippen molar-refractivity contribution in [3.05, 3.63) is 64.8 Å². The van der Waals surface area contributed by atoms with Crippen LogP contribution >= 0.6 is 0 Å². The smallest absolute Gasteiger partial charge is 0.336 e. The van der Waals surface area contributed by atoms with Gasteiger partial charge < -0.3 is 15.0 Å². The van der Waals surface area contributed by atoms with Crippen LogP contribution < -0.4 is 10.5 Å². The zero-order valence-corrected chi connectivity index (χ0v) is 17.5. The van der Waals surface area contributed by atoms with E-state index in [1.807, 2.05) is 6.92 Å². The van der Waals surface area contributed by atoms with Gasteiger partial charge in [-0.25, -0.2) is 9.50 Å². The number of ether oxygens (including phenoxy) is 1. The van der Waals surface area contributed by atoms with Gasteiger partial charge >= 0.3 is 6.01 Å². The molecular formula is C22H25N7O2. The van der Waals surface area contributed by atoms with Gasteiger partial charge in [-0.15, -0.1) is 5.10 Å². The Morgan fingerprint density at radius 2 is 1.90 bits per heavy atom. The van der Waals surface area contributed by atoms with Crippen LogP contribution in [-0.2, 0) is 19.6 Å². The first-order valence-corrected chi connectivity index (χ1v) is 10.5. The van der Waals surface area contributed by atoms with Crippen molar-refractivity contribution in [2.45, 2.75) is 39.3 Å². The SMILES string of the molecule is Cc1cc(COc2nc(N)c3ncc(Cc4ccc(CN5CCCC5)cc4)n3n2)no1. The van der Waals surface area contributed by atoms with Crippen LogP contribution in [0.3, 0.4) is 0 Å². The summed E-state index contributed by atoms with van der Waals surface area (Å²) in [6, 6.07) is 10.7. The second-order valence-electron chi connectivity index (χ2n) is 7.96. The van der Waals surface area contributed by atoms with Crippen molar-refractivity contribution in [1.82, 2.24) is 29.6 Å². The molecule has 4 aromatic rings. The van der Waals surface area contributed by atoms with Crippen molar-refractivity contribution in [2.24, 2.45) is 0 Å². The Balaban J connectivity index is 1.31. The number of aromatic nitrogens is 5. The van der Waals surface area contributed by atoms with E-state index in [0.29, 0.717) is 17.8 Å². The van der Waals surface area contributed by atoms with Crippen LogP contribution in [0, 0.1) is 6.92 Å². The first kappa shape index (κ1) is 19.5. The van der Waals surface area contributed by atoms with E-state index in [1.54, 1.807) is 16.8 Å². The number of anilines is 1. The second kappa shape index (κ2) is 8.35. The lowest BCUT2D eigenvalue weighted by Gasteiger charge is -2.14. The zero-order chi connectivity index (χ0) is 21.2. The molecule has 0 radical (unpaired) electrons. The minimum atomic E-state index is 0.172. The largest absolute Gasteiger partial charge is 0.456 e. The third-order valence-electron chi connectivity index (χ3n) is 5.48. The summed E-state index contributed by atoms with van der Waals surface area (Å²) in [5.41, 5.74) is 10.7. The number of fused-ring (bicyclic) bond motifs is 1. The fourth-order valence-corrected chi connectivity index (χ4v) is 3.90. The van der Waals surface area contributed by atoms with Crippen molar-refractivity contribution in [3.8, 4) is 6.01 Å². The van der Waals surface area contributed by atoms with Crippen molar-refractivity contribution < 1.29 is 9.26 Å². The molecule has 5 rings (SSSR count). The summed E-state index contributed by atoms with van der Waals surface area (Å²) in [5.74, 6) is 0.992. The van der Waals surface area contributed by atoms with Gasteiger partial charge in [0.2, 0.25) is 0 Å². The van der Waals surface area contributed by atoms with Crippen LogP contribution in [0.5, 0.6) is 6.01 Å². The minimum Gasteiger partial charge on any atom is -0.456 e. The maximum atomic E-state index is 6.08. The summed E-state index contributed by atoms with van der Waals surface area (Å²) < 4.78 is 12.4. The summed E-state index contributed by atoms with van der Waals surface area (Å²) in [6.07, 6.45) is 5.08. The molecule has 0 unspecified atom stereocenters. The number of benzene rings is 1. The molecule has 0 spiro atoms. The number of nitrogens with zero attached hydrogens (tertiary/aromatic N) is 6. The molecule has 1 saturated heterocycles. The molecule has 0 atom stereocenters. The molecule has 9 heteroatoms. The summed E-state index contributed by atoms with van der Waals surface area (Å²) in [7, 11) is 0. The Morgan fingerprint density at radius 1 is 1.13 bits per heavy atom. The van der Waals surface area contributed by atoms with E-state index >= 15 is 0 Å². The van der Waals surface area contributed by atoms with Gasteiger partial charge in [-0.3, -0.25) is 4.90 Å². The van der Waals surface area contributed by atoms with Gasteiger partial charge in [-0.05, 0) is 44.0 Å². The highest BCUT2D eigenvalue weighted by Gasteiger charge is 2.14. The van der Waals surface area contributed by atoms with Gasteiger partial charge in [-0.1, -0.05) is 29.4 Å². The van der Waals surface area contributed by atoms with Crippen LogP contribution in [0.2, 0.25) is 0 Å². The number of nitrogen functional groups attached to an aromatic ring is 1. The lowest BCUT2D eigenvalue weighted by atomic mass is 10.1. The predicted octanol–water partition coefficient (Wildman–Crippen LogP) is 2.77. The van der Waals surface area contributed by atoms with Crippen molar-refractivity contribution in [2.75, 3.05) is 18.8 Å². The number of aryl methyl sites for hydroxylation is 1. The maximum absolute atomic E-state index is 6.08. The fourth-order valence-electron chi connectivity index (χ4n) is 3.90. The molecule has 0 aliphatic carbocycles. The molecule has 0 bridgehead atoms. The molecule has 1 aliphatic heterocycles. The highest BCUT2D eigenvalue weighted by Crippen LogP contribution is 2.19. The Morgan fingerprint density at radius 3 is 2.65 bits per heavy atom. The summed E-state index contributed by atoms with van der Waals surface area (Å²) in [4.78, 5) is 11.1. The van der Waals surface area contributed by atoms with E-state index in [-0.39, 0.29) is 18.4 Å². The first-order valence-electron chi connectivity index (χ1n) is 10.5. The number of nitrogens with two attached hydrogens (primary N) is 1. The highest BCUT2D eigenvalue weighted by atomic mass is 16.5. The Hall–Kier alpha value is -3.46. The Bertz CT molecular complexity index is 1180. The molecule has 4 heterocycles.